The van der Waals surface area contributed by atoms with E-state index in [2.05, 4.69) is 20.9 Å². The van der Waals surface area contributed by atoms with Crippen LogP contribution in [0.3, 0.4) is 0 Å². The molecule has 0 radical (unpaired) electrons. The molecule has 0 saturated carbocycles. The van der Waals surface area contributed by atoms with Crippen LogP contribution in [-0.4, -0.2) is 22.9 Å². The zero-order valence-corrected chi connectivity index (χ0v) is 9.82. The number of thioether (sulfide) groups is 1. The van der Waals surface area contributed by atoms with E-state index >= 15 is 0 Å². The van der Waals surface area contributed by atoms with Crippen molar-refractivity contribution in [2.24, 2.45) is 0 Å². The van der Waals surface area contributed by atoms with Gasteiger partial charge in [-0.3, -0.25) is 0 Å². The summed E-state index contributed by atoms with van der Waals surface area (Å²) in [5.41, 5.74) is -4.19. The molecule has 0 fully saturated rings. The van der Waals surface area contributed by atoms with Gasteiger partial charge in [0.05, 0.1) is 12.8 Å². The predicted molar refractivity (Wildman–Crippen MR) is 55.9 cm³/mol. The van der Waals surface area contributed by atoms with E-state index in [0.717, 1.165) is 0 Å². The zero-order valence-electron chi connectivity index (χ0n) is 7.42. The van der Waals surface area contributed by atoms with Crippen LogP contribution in [0.4, 0.5) is 13.2 Å². The van der Waals surface area contributed by atoms with Gasteiger partial charge in [-0.1, -0.05) is 0 Å². The van der Waals surface area contributed by atoms with Crippen LogP contribution in [0.1, 0.15) is 0 Å². The fraction of sp³-hybridized carbons (Fsp3) is 0.375. The Kier molecular flexibility index (Phi) is 4.72. The number of ether oxygens (including phenoxy) is 1. The molecule has 0 saturated heterocycles. The van der Waals surface area contributed by atoms with Gasteiger partial charge in [-0.15, -0.1) is 0 Å². The van der Waals surface area contributed by atoms with Crippen molar-refractivity contribution in [3.8, 4) is 5.75 Å². The Hall–Kier alpha value is -0.430. The maximum Gasteiger partial charge on any atom is 0.441 e. The van der Waals surface area contributed by atoms with Crippen molar-refractivity contribution in [2.45, 2.75) is 5.51 Å². The van der Waals surface area contributed by atoms with Gasteiger partial charge >= 0.3 is 5.51 Å². The molecule has 1 rings (SSSR count). The molecule has 0 aliphatic carbocycles. The number of aromatic nitrogens is 1. The number of hydrogen-bond acceptors (Lipinski definition) is 3. The second kappa shape index (κ2) is 5.60. The Morgan fingerprint density at radius 2 is 2.13 bits per heavy atom. The Morgan fingerprint density at radius 1 is 1.40 bits per heavy atom. The quantitative estimate of drug-likeness (QED) is 0.628. The summed E-state index contributed by atoms with van der Waals surface area (Å²) in [4.78, 5) is 3.87. The van der Waals surface area contributed by atoms with Gasteiger partial charge in [-0.05, 0) is 39.8 Å². The second-order valence-electron chi connectivity index (χ2n) is 2.46. The molecule has 0 aliphatic heterocycles. The van der Waals surface area contributed by atoms with Gasteiger partial charge in [0.15, 0.2) is 0 Å². The first-order valence-electron chi connectivity index (χ1n) is 3.92. The minimum Gasteiger partial charge on any atom is -0.491 e. The molecule has 0 amide bonds. The van der Waals surface area contributed by atoms with E-state index in [-0.39, 0.29) is 24.1 Å². The second-order valence-corrected chi connectivity index (χ2v) is 4.43. The van der Waals surface area contributed by atoms with Crippen LogP contribution in [0.15, 0.2) is 22.9 Å². The Balaban J connectivity index is 2.23. The molecule has 15 heavy (non-hydrogen) atoms. The summed E-state index contributed by atoms with van der Waals surface area (Å²) in [7, 11) is 0. The van der Waals surface area contributed by atoms with E-state index in [1.165, 1.54) is 6.20 Å². The third-order valence-corrected chi connectivity index (χ3v) is 2.49. The fourth-order valence-electron chi connectivity index (χ4n) is 0.765. The van der Waals surface area contributed by atoms with Gasteiger partial charge in [0.1, 0.15) is 10.4 Å². The Bertz CT molecular complexity index is 304. The first kappa shape index (κ1) is 12.6. The monoisotopic (exact) mass is 301 g/mol. The topological polar surface area (TPSA) is 22.1 Å². The van der Waals surface area contributed by atoms with Gasteiger partial charge in [-0.2, -0.15) is 13.2 Å². The van der Waals surface area contributed by atoms with Crippen molar-refractivity contribution in [1.29, 1.82) is 0 Å². The third kappa shape index (κ3) is 5.88. The van der Waals surface area contributed by atoms with E-state index in [4.69, 9.17) is 4.74 Å². The summed E-state index contributed by atoms with van der Waals surface area (Å²) in [6.07, 6.45) is 1.45. The van der Waals surface area contributed by atoms with Gasteiger partial charge in [0, 0.05) is 5.75 Å². The molecular formula is C8H7BrF3NOS. The maximum absolute atomic E-state index is 11.7. The number of nitrogens with zero attached hydrogens (tertiary/aromatic N) is 1. The average molecular weight is 302 g/mol. The zero-order chi connectivity index (χ0) is 11.3. The SMILES string of the molecule is FC(F)(F)SCCOc1ccc(Br)nc1. The highest BCUT2D eigenvalue weighted by Crippen LogP contribution is 2.29. The molecule has 7 heteroatoms. The van der Waals surface area contributed by atoms with Crippen LogP contribution >= 0.6 is 27.7 Å². The first-order valence-corrected chi connectivity index (χ1v) is 5.70. The molecular weight excluding hydrogens is 295 g/mol. The van der Waals surface area contributed by atoms with E-state index in [1.54, 1.807) is 12.1 Å². The average Bonchev–Trinajstić information content (AvgIpc) is 2.14. The maximum atomic E-state index is 11.7. The number of rotatable bonds is 4. The van der Waals surface area contributed by atoms with Crippen LogP contribution in [0.25, 0.3) is 0 Å². The van der Waals surface area contributed by atoms with Gasteiger partial charge < -0.3 is 4.74 Å². The summed E-state index contributed by atoms with van der Waals surface area (Å²) in [5, 5.41) is 0. The lowest BCUT2D eigenvalue weighted by molar-refractivity contribution is -0.0329. The molecule has 1 heterocycles. The van der Waals surface area contributed by atoms with Gasteiger partial charge in [0.2, 0.25) is 0 Å². The largest absolute Gasteiger partial charge is 0.491 e. The van der Waals surface area contributed by atoms with Crippen LogP contribution in [-0.2, 0) is 0 Å². The molecule has 2 nitrogen and oxygen atoms in total. The van der Waals surface area contributed by atoms with Crippen LogP contribution < -0.4 is 4.74 Å². The lowest BCUT2D eigenvalue weighted by Gasteiger charge is -2.07. The molecule has 0 aliphatic rings. The highest BCUT2D eigenvalue weighted by Gasteiger charge is 2.27. The summed E-state index contributed by atoms with van der Waals surface area (Å²) < 4.78 is 40.9. The van der Waals surface area contributed by atoms with Crippen LogP contribution in [0.5, 0.6) is 5.75 Å². The normalized spacial score (nSPS) is 11.5. The lowest BCUT2D eigenvalue weighted by Crippen LogP contribution is -2.07. The van der Waals surface area contributed by atoms with E-state index in [1.807, 2.05) is 0 Å². The number of alkyl halides is 3. The van der Waals surface area contributed by atoms with Gasteiger partial charge in [-0.25, -0.2) is 4.98 Å². The standard InChI is InChI=1S/C8H7BrF3NOS/c9-7-2-1-6(5-13-7)14-3-4-15-8(10,11)12/h1-2,5H,3-4H2. The minimum atomic E-state index is -4.19. The third-order valence-electron chi connectivity index (χ3n) is 1.32. The van der Waals surface area contributed by atoms with E-state index in [0.29, 0.717) is 10.4 Å². The minimum absolute atomic E-state index is 0.00743. The Labute approximate surface area is 97.3 Å². The van der Waals surface area contributed by atoms with Crippen LogP contribution in [0.2, 0.25) is 0 Å². The molecule has 1 aromatic rings. The Morgan fingerprint density at radius 3 is 2.67 bits per heavy atom. The van der Waals surface area contributed by atoms with Crippen molar-refractivity contribution in [3.63, 3.8) is 0 Å². The van der Waals surface area contributed by atoms with Crippen molar-refractivity contribution in [1.82, 2.24) is 4.98 Å². The van der Waals surface area contributed by atoms with Crippen molar-refractivity contribution in [3.05, 3.63) is 22.9 Å². The van der Waals surface area contributed by atoms with Crippen molar-refractivity contribution < 1.29 is 17.9 Å². The smallest absolute Gasteiger partial charge is 0.441 e. The van der Waals surface area contributed by atoms with Crippen LogP contribution in [0, 0.1) is 0 Å². The van der Waals surface area contributed by atoms with Crippen molar-refractivity contribution in [2.75, 3.05) is 12.4 Å². The predicted octanol–water partition coefficient (Wildman–Crippen LogP) is 3.48. The molecule has 0 spiro atoms. The molecule has 1 aromatic heterocycles. The molecule has 84 valence electrons. The number of hydrogen-bond donors (Lipinski definition) is 0. The first-order chi connectivity index (χ1) is 6.97. The number of halogens is 4. The van der Waals surface area contributed by atoms with Gasteiger partial charge in [0.25, 0.3) is 0 Å². The van der Waals surface area contributed by atoms with Crippen molar-refractivity contribution >= 4 is 27.7 Å². The highest BCUT2D eigenvalue weighted by molar-refractivity contribution is 9.10. The molecule has 0 bridgehead atoms. The molecule has 0 aromatic carbocycles. The van der Waals surface area contributed by atoms with E-state index in [9.17, 15) is 13.2 Å². The summed E-state index contributed by atoms with van der Waals surface area (Å²) >= 11 is 3.04. The summed E-state index contributed by atoms with van der Waals surface area (Å²) in [6, 6.07) is 3.29. The lowest BCUT2D eigenvalue weighted by atomic mass is 10.5. The summed E-state index contributed by atoms with van der Waals surface area (Å²) in [5.74, 6) is 0.334. The van der Waals surface area contributed by atoms with E-state index < -0.39 is 5.51 Å². The highest BCUT2D eigenvalue weighted by atomic mass is 79.9. The molecule has 0 atom stereocenters. The fourth-order valence-corrected chi connectivity index (χ4v) is 1.40. The number of pyridine rings is 1. The molecule has 0 unspecified atom stereocenters. The molecule has 0 N–H and O–H groups in total. The summed E-state index contributed by atoms with van der Waals surface area (Å²) in [6.45, 7) is 0.00743.